The topological polar surface area (TPSA) is 108 Å². The van der Waals surface area contributed by atoms with E-state index < -0.39 is 35.2 Å². The molecule has 0 aromatic heterocycles. The van der Waals surface area contributed by atoms with Crippen LogP contribution in [0.3, 0.4) is 0 Å². The summed E-state index contributed by atoms with van der Waals surface area (Å²) >= 11 is 0. The number of esters is 2. The highest BCUT2D eigenvalue weighted by Gasteiger charge is 2.51. The van der Waals surface area contributed by atoms with Crippen LogP contribution in [0.15, 0.2) is 24.3 Å². The number of hydrogen-bond donors (Lipinski definition) is 0. The number of ether oxygens (including phenoxy) is 8. The van der Waals surface area contributed by atoms with Crippen LogP contribution in [-0.2, 0) is 49.4 Å². The Balaban J connectivity index is 1.70. The molecule has 0 radical (unpaired) electrons. The second kappa shape index (κ2) is 17.6. The van der Waals surface area contributed by atoms with Gasteiger partial charge < -0.3 is 37.9 Å². The van der Waals surface area contributed by atoms with Crippen molar-refractivity contribution in [3.05, 3.63) is 29.8 Å². The van der Waals surface area contributed by atoms with Crippen LogP contribution in [0.1, 0.15) is 104 Å². The maximum atomic E-state index is 13.2. The van der Waals surface area contributed by atoms with E-state index in [1.165, 1.54) is 0 Å². The highest BCUT2D eigenvalue weighted by Crippen LogP contribution is 2.43. The highest BCUT2D eigenvalue weighted by molar-refractivity contribution is 5.77. The zero-order valence-corrected chi connectivity index (χ0v) is 28.5. The summed E-state index contributed by atoms with van der Waals surface area (Å²) in [5, 5.41) is 0. The minimum atomic E-state index is -0.970. The predicted octanol–water partition coefficient (Wildman–Crippen LogP) is 6.51. The molecule has 0 saturated carbocycles. The number of carbonyl (C=O) groups is 2. The van der Waals surface area contributed by atoms with Crippen molar-refractivity contribution in [3.8, 4) is 5.75 Å². The Hall–Kier alpha value is -2.24. The summed E-state index contributed by atoms with van der Waals surface area (Å²) in [7, 11) is 3.34. The summed E-state index contributed by atoms with van der Waals surface area (Å²) in [6.07, 6.45) is 5.08. The average Bonchev–Trinajstić information content (AvgIpc) is 3.40. The lowest BCUT2D eigenvalue weighted by Crippen LogP contribution is -2.52. The van der Waals surface area contributed by atoms with Gasteiger partial charge in [-0.05, 0) is 76.5 Å². The standard InChI is InChI=1S/C35H56O10/c1-8-10-18-34(30-25-42-33(4,5)44-30,45-32(37)16-15-31(36)41-9-2)19-20-35(39-7)23-26(3)22-29(43-35)17-21-40-24-27-11-13-28(38-6)14-12-27/h11-14,26,29-30H,8-10,15-25H2,1-7H3/t26-,29+,30+,34?,35+/m0/s1. The zero-order valence-electron chi connectivity index (χ0n) is 28.5. The summed E-state index contributed by atoms with van der Waals surface area (Å²) < 4.78 is 47.7. The van der Waals surface area contributed by atoms with E-state index in [0.29, 0.717) is 45.0 Å². The van der Waals surface area contributed by atoms with Crippen molar-refractivity contribution in [1.82, 2.24) is 0 Å². The fraction of sp³-hybridized carbons (Fsp3) is 0.771. The van der Waals surface area contributed by atoms with Crippen LogP contribution in [0.2, 0.25) is 0 Å². The Morgan fingerprint density at radius 1 is 1.02 bits per heavy atom. The molecular formula is C35H56O10. The summed E-state index contributed by atoms with van der Waals surface area (Å²) in [6.45, 7) is 11.4. The van der Waals surface area contributed by atoms with E-state index in [4.69, 9.17) is 37.9 Å². The van der Waals surface area contributed by atoms with Gasteiger partial charge in [0.15, 0.2) is 11.6 Å². The zero-order chi connectivity index (χ0) is 32.9. The van der Waals surface area contributed by atoms with Gasteiger partial charge in [-0.2, -0.15) is 0 Å². The first-order chi connectivity index (χ1) is 21.5. The first-order valence-corrected chi connectivity index (χ1v) is 16.6. The SMILES string of the molecule is CCCCC(CC[C@]1(OC)C[C@@H](C)C[C@@H](CCOCc2ccc(OC)cc2)O1)(OC(=O)CCC(=O)OCC)[C@H]1COC(C)(C)O1. The van der Waals surface area contributed by atoms with E-state index in [2.05, 4.69) is 13.8 Å². The molecule has 1 aromatic rings. The third-order valence-electron chi connectivity index (χ3n) is 8.72. The largest absolute Gasteiger partial charge is 0.497 e. The summed E-state index contributed by atoms with van der Waals surface area (Å²) in [5.74, 6) is -1.33. The molecule has 10 nitrogen and oxygen atoms in total. The molecule has 10 heteroatoms. The summed E-state index contributed by atoms with van der Waals surface area (Å²) in [5.41, 5.74) is 0.115. The molecule has 2 heterocycles. The second-order valence-corrected chi connectivity index (χ2v) is 12.9. The third kappa shape index (κ3) is 11.5. The van der Waals surface area contributed by atoms with Gasteiger partial charge >= 0.3 is 11.9 Å². The monoisotopic (exact) mass is 636 g/mol. The van der Waals surface area contributed by atoms with Crippen LogP contribution < -0.4 is 4.74 Å². The average molecular weight is 637 g/mol. The van der Waals surface area contributed by atoms with Gasteiger partial charge in [-0.1, -0.05) is 32.4 Å². The highest BCUT2D eigenvalue weighted by atomic mass is 16.8. The lowest BCUT2D eigenvalue weighted by atomic mass is 9.81. The predicted molar refractivity (Wildman–Crippen MR) is 169 cm³/mol. The number of hydrogen-bond acceptors (Lipinski definition) is 10. The van der Waals surface area contributed by atoms with Gasteiger partial charge in [0, 0.05) is 26.6 Å². The molecule has 1 aromatic carbocycles. The number of carbonyl (C=O) groups excluding carboxylic acids is 2. The number of unbranched alkanes of at least 4 members (excludes halogenated alkanes) is 1. The van der Waals surface area contributed by atoms with Crippen molar-refractivity contribution in [1.29, 1.82) is 0 Å². The van der Waals surface area contributed by atoms with Crippen molar-refractivity contribution in [2.24, 2.45) is 5.92 Å². The summed E-state index contributed by atoms with van der Waals surface area (Å²) in [4.78, 5) is 25.2. The molecule has 5 atom stereocenters. The molecule has 1 unspecified atom stereocenters. The minimum Gasteiger partial charge on any atom is -0.497 e. The smallest absolute Gasteiger partial charge is 0.307 e. The number of rotatable bonds is 19. The van der Waals surface area contributed by atoms with Crippen molar-refractivity contribution >= 4 is 11.9 Å². The van der Waals surface area contributed by atoms with Crippen molar-refractivity contribution in [2.45, 2.75) is 135 Å². The van der Waals surface area contributed by atoms with Gasteiger partial charge in [-0.25, -0.2) is 0 Å². The van der Waals surface area contributed by atoms with Crippen molar-refractivity contribution < 1.29 is 47.5 Å². The molecule has 0 bridgehead atoms. The van der Waals surface area contributed by atoms with E-state index in [1.807, 2.05) is 38.1 Å². The normalized spacial score (nSPS) is 25.8. The lowest BCUT2D eigenvalue weighted by molar-refractivity contribution is -0.288. The first kappa shape index (κ1) is 37.2. The molecule has 0 amide bonds. The van der Waals surface area contributed by atoms with Crippen LogP contribution in [0, 0.1) is 5.92 Å². The van der Waals surface area contributed by atoms with Gasteiger partial charge in [-0.15, -0.1) is 0 Å². The molecule has 3 rings (SSSR count). The van der Waals surface area contributed by atoms with E-state index in [0.717, 1.165) is 43.4 Å². The van der Waals surface area contributed by atoms with E-state index in [1.54, 1.807) is 21.1 Å². The molecule has 0 aliphatic carbocycles. The fourth-order valence-corrected chi connectivity index (χ4v) is 6.31. The quantitative estimate of drug-likeness (QED) is 0.123. The van der Waals surface area contributed by atoms with Gasteiger partial charge in [-0.3, -0.25) is 9.59 Å². The van der Waals surface area contributed by atoms with Crippen LogP contribution in [0.5, 0.6) is 5.75 Å². The van der Waals surface area contributed by atoms with E-state index >= 15 is 0 Å². The lowest BCUT2D eigenvalue weighted by Gasteiger charge is -2.46. The van der Waals surface area contributed by atoms with E-state index in [9.17, 15) is 9.59 Å². The minimum absolute atomic E-state index is 0.0328. The Labute approximate surface area is 269 Å². The third-order valence-corrected chi connectivity index (χ3v) is 8.72. The van der Waals surface area contributed by atoms with Gasteiger partial charge in [0.05, 0.1) is 45.9 Å². The maximum absolute atomic E-state index is 13.2. The van der Waals surface area contributed by atoms with Crippen LogP contribution in [-0.4, -0.2) is 75.4 Å². The van der Waals surface area contributed by atoms with Crippen LogP contribution >= 0.6 is 0 Å². The Morgan fingerprint density at radius 2 is 1.76 bits per heavy atom. The molecule has 2 fully saturated rings. The molecule has 2 aliphatic rings. The molecule has 2 aliphatic heterocycles. The van der Waals surface area contributed by atoms with Crippen LogP contribution in [0.4, 0.5) is 0 Å². The van der Waals surface area contributed by atoms with Gasteiger partial charge in [0.2, 0.25) is 0 Å². The first-order valence-electron chi connectivity index (χ1n) is 16.6. The number of methoxy groups -OCH3 is 2. The van der Waals surface area contributed by atoms with Crippen molar-refractivity contribution in [3.63, 3.8) is 0 Å². The molecule has 45 heavy (non-hydrogen) atoms. The molecule has 2 saturated heterocycles. The maximum Gasteiger partial charge on any atom is 0.307 e. The molecule has 256 valence electrons. The molecular weight excluding hydrogens is 580 g/mol. The van der Waals surface area contributed by atoms with Crippen LogP contribution in [0.25, 0.3) is 0 Å². The Bertz CT molecular complexity index is 1040. The second-order valence-electron chi connectivity index (χ2n) is 12.9. The van der Waals surface area contributed by atoms with E-state index in [-0.39, 0.29) is 25.6 Å². The fourth-order valence-electron chi connectivity index (χ4n) is 6.31. The van der Waals surface area contributed by atoms with Crippen molar-refractivity contribution in [2.75, 3.05) is 34.0 Å². The Kier molecular flexibility index (Phi) is 14.6. The number of benzene rings is 1. The molecule has 0 N–H and O–H groups in total. The van der Waals surface area contributed by atoms with Gasteiger partial charge in [0.25, 0.3) is 0 Å². The summed E-state index contributed by atoms with van der Waals surface area (Å²) in [6, 6.07) is 7.87. The Morgan fingerprint density at radius 3 is 2.38 bits per heavy atom. The molecule has 0 spiro atoms. The van der Waals surface area contributed by atoms with Gasteiger partial charge in [0.1, 0.15) is 17.5 Å².